The van der Waals surface area contributed by atoms with Crippen LogP contribution < -0.4 is 26.0 Å². The third-order valence-electron chi connectivity index (χ3n) is 11.3. The molecule has 0 aromatic heterocycles. The quantitative estimate of drug-likeness (QED) is 0.0218. The van der Waals surface area contributed by atoms with Gasteiger partial charge in [-0.2, -0.15) is 0 Å². The van der Waals surface area contributed by atoms with Gasteiger partial charge in [0.05, 0.1) is 0 Å². The van der Waals surface area contributed by atoms with E-state index in [1.807, 2.05) is 66.7 Å². The van der Waals surface area contributed by atoms with Gasteiger partial charge in [-0.3, -0.25) is 4.79 Å². The molecule has 0 aliphatic heterocycles. The van der Waals surface area contributed by atoms with Crippen LogP contribution in [0, 0.1) is 5.82 Å². The third-order valence-corrected chi connectivity index (χ3v) is 11.3. The highest BCUT2D eigenvalue weighted by Crippen LogP contribution is 2.30. The van der Waals surface area contributed by atoms with Crippen molar-refractivity contribution in [1.82, 2.24) is 21.3 Å². The maximum absolute atomic E-state index is 16.0. The average molecular weight is 1030 g/mol. The highest BCUT2D eigenvalue weighted by atomic mass is 19.1. The lowest BCUT2D eigenvalue weighted by Crippen LogP contribution is -2.53. The van der Waals surface area contributed by atoms with Crippen LogP contribution in [0.3, 0.4) is 0 Å². The number of ether oxygens (including phenoxy) is 5. The van der Waals surface area contributed by atoms with E-state index in [1.54, 1.807) is 93.6 Å². The van der Waals surface area contributed by atoms with E-state index in [4.69, 9.17) is 23.7 Å². The van der Waals surface area contributed by atoms with Crippen LogP contribution in [0.5, 0.6) is 5.75 Å². The van der Waals surface area contributed by atoms with Gasteiger partial charge in [0.1, 0.15) is 61.7 Å². The Morgan fingerprint density at radius 2 is 1.01 bits per heavy atom. The number of carboxylic acids is 1. The molecule has 0 saturated heterocycles. The Kier molecular flexibility index (Phi) is 20.7. The number of halogens is 1. The Hall–Kier alpha value is -8.73. The molecule has 0 heterocycles. The van der Waals surface area contributed by atoms with E-state index in [0.717, 1.165) is 11.1 Å². The summed E-state index contributed by atoms with van der Waals surface area (Å²) in [7, 11) is 0. The van der Waals surface area contributed by atoms with Crippen molar-refractivity contribution in [2.45, 2.75) is 96.6 Å². The zero-order chi connectivity index (χ0) is 53.6. The van der Waals surface area contributed by atoms with Crippen LogP contribution in [0.2, 0.25) is 0 Å². The summed E-state index contributed by atoms with van der Waals surface area (Å²) in [5, 5.41) is 20.6. The van der Waals surface area contributed by atoms with Crippen LogP contribution in [0.1, 0.15) is 67.0 Å². The molecule has 6 rings (SSSR count). The molecule has 17 heteroatoms. The summed E-state index contributed by atoms with van der Waals surface area (Å²) in [5.41, 5.74) is 3.41. The van der Waals surface area contributed by atoms with Crippen molar-refractivity contribution in [2.75, 3.05) is 6.54 Å². The molecule has 0 aliphatic carbocycles. The van der Waals surface area contributed by atoms with E-state index in [-0.39, 0.29) is 57.8 Å². The molecule has 6 aromatic rings. The summed E-state index contributed by atoms with van der Waals surface area (Å²) in [6.45, 7) is 4.95. The van der Waals surface area contributed by atoms with Gasteiger partial charge in [-0.1, -0.05) is 133 Å². The molecular weight excluding hydrogens is 964 g/mol. The van der Waals surface area contributed by atoms with Crippen molar-refractivity contribution in [3.05, 3.63) is 197 Å². The molecular formula is C58H61FN4O12. The SMILES string of the molecule is CC(C)(C)OC(=O)N[C@@H](CCCNC(=O)OCc1ccccc1)C(=O)N[C@@H](Cc1cc(-c2ccc(OCc3ccccc3)c(C[C@H](NC(=O)OCc3ccccc3)C(=O)O)c2)ccc1F)C(=O)OCc1ccccc1. The number of carbonyl (C=O) groups is 6. The van der Waals surface area contributed by atoms with Gasteiger partial charge in [0, 0.05) is 19.4 Å². The average Bonchev–Trinajstić information content (AvgIpc) is 3.40. The smallest absolute Gasteiger partial charge is 0.408 e. The lowest BCUT2D eigenvalue weighted by molar-refractivity contribution is -0.149. The van der Waals surface area contributed by atoms with E-state index < -0.39 is 72.1 Å². The third kappa shape index (κ3) is 19.0. The molecule has 0 unspecified atom stereocenters. The van der Waals surface area contributed by atoms with Gasteiger partial charge < -0.3 is 50.1 Å². The van der Waals surface area contributed by atoms with Crippen LogP contribution in [-0.2, 0) is 72.6 Å². The largest absolute Gasteiger partial charge is 0.489 e. The molecule has 392 valence electrons. The zero-order valence-corrected chi connectivity index (χ0v) is 41.9. The van der Waals surface area contributed by atoms with Gasteiger partial charge >= 0.3 is 30.2 Å². The lowest BCUT2D eigenvalue weighted by atomic mass is 9.95. The second-order valence-electron chi connectivity index (χ2n) is 18.4. The van der Waals surface area contributed by atoms with E-state index in [2.05, 4.69) is 21.3 Å². The number of alkyl carbamates (subject to hydrolysis) is 3. The minimum atomic E-state index is -1.49. The molecule has 0 spiro atoms. The highest BCUT2D eigenvalue weighted by Gasteiger charge is 2.31. The molecule has 16 nitrogen and oxygen atoms in total. The van der Waals surface area contributed by atoms with Crippen molar-refractivity contribution < 1.29 is 61.9 Å². The van der Waals surface area contributed by atoms with Crippen molar-refractivity contribution in [1.29, 1.82) is 0 Å². The fourth-order valence-corrected chi connectivity index (χ4v) is 7.54. The van der Waals surface area contributed by atoms with Crippen molar-refractivity contribution in [3.8, 4) is 16.9 Å². The molecule has 6 aromatic carbocycles. The van der Waals surface area contributed by atoms with Crippen molar-refractivity contribution in [3.63, 3.8) is 0 Å². The minimum Gasteiger partial charge on any atom is -0.489 e. The van der Waals surface area contributed by atoms with Gasteiger partial charge in [0.25, 0.3) is 0 Å². The monoisotopic (exact) mass is 1020 g/mol. The first-order chi connectivity index (χ1) is 36.1. The standard InChI is InChI=1S/C58H61FN4O12/c1-58(2,3)75-57(70)62-48(25-16-30-60-55(68)73-37-41-21-12-6-13-22-41)52(64)61-50(54(67)72-36-40-19-10-5-11-20-40)33-45-31-43(26-28-47(45)59)44-27-29-51(71-35-39-17-8-4-9-18-39)46(32-44)34-49(53(65)66)63-56(69)74-38-42-23-14-7-15-24-42/h4-15,17-24,26-29,31-32,48-50H,16,25,30,33-38H2,1-3H3,(H,60,68)(H,61,64)(H,62,70)(H,63,69)(H,65,66)/t48-,49-,50-/m0/s1. The summed E-state index contributed by atoms with van der Waals surface area (Å²) in [6, 6.07) is 41.1. The molecule has 75 heavy (non-hydrogen) atoms. The predicted molar refractivity (Wildman–Crippen MR) is 276 cm³/mol. The Morgan fingerprint density at radius 3 is 1.56 bits per heavy atom. The van der Waals surface area contributed by atoms with Crippen LogP contribution >= 0.6 is 0 Å². The van der Waals surface area contributed by atoms with Crippen molar-refractivity contribution >= 4 is 36.1 Å². The second-order valence-corrected chi connectivity index (χ2v) is 18.4. The number of aliphatic carboxylic acids is 1. The Balaban J connectivity index is 1.24. The Labute approximate surface area is 434 Å². The fourth-order valence-electron chi connectivity index (χ4n) is 7.54. The molecule has 5 N–H and O–H groups in total. The van der Waals surface area contributed by atoms with Gasteiger partial charge in [0.15, 0.2) is 0 Å². The molecule has 0 aliphatic rings. The molecule has 4 amide bonds. The number of carboxylic acid groups (broad SMARTS) is 1. The minimum absolute atomic E-state index is 0.00141. The van der Waals surface area contributed by atoms with E-state index in [1.165, 1.54) is 18.2 Å². The van der Waals surface area contributed by atoms with Gasteiger partial charge in [0.2, 0.25) is 5.91 Å². The van der Waals surface area contributed by atoms with Crippen LogP contribution in [0.15, 0.2) is 158 Å². The first-order valence-electron chi connectivity index (χ1n) is 24.3. The second kappa shape index (κ2) is 27.9. The van der Waals surface area contributed by atoms with E-state index in [9.17, 15) is 33.9 Å². The maximum atomic E-state index is 16.0. The Morgan fingerprint density at radius 1 is 0.533 bits per heavy atom. The summed E-state index contributed by atoms with van der Waals surface area (Å²) in [6.07, 6.45) is -3.04. The Bertz CT molecular complexity index is 2830. The highest BCUT2D eigenvalue weighted by molar-refractivity contribution is 5.90. The van der Waals surface area contributed by atoms with Gasteiger partial charge in [-0.15, -0.1) is 0 Å². The van der Waals surface area contributed by atoms with Crippen LogP contribution in [0.25, 0.3) is 11.1 Å². The number of esters is 1. The van der Waals surface area contributed by atoms with Crippen molar-refractivity contribution in [2.24, 2.45) is 0 Å². The zero-order valence-electron chi connectivity index (χ0n) is 41.9. The summed E-state index contributed by atoms with van der Waals surface area (Å²) in [4.78, 5) is 79.3. The predicted octanol–water partition coefficient (Wildman–Crippen LogP) is 9.36. The van der Waals surface area contributed by atoms with Gasteiger partial charge in [-0.05, 0) is 102 Å². The van der Waals surface area contributed by atoms with Gasteiger partial charge in [-0.25, -0.2) is 28.4 Å². The molecule has 0 radical (unpaired) electrons. The summed E-state index contributed by atoms with van der Waals surface area (Å²) >= 11 is 0. The number of amides is 4. The number of hydrogen-bond acceptors (Lipinski definition) is 11. The molecule has 0 bridgehead atoms. The number of nitrogens with one attached hydrogen (secondary N) is 4. The number of carbonyl (C=O) groups excluding carboxylic acids is 5. The molecule has 3 atom stereocenters. The number of benzene rings is 6. The normalized spacial score (nSPS) is 12.2. The first kappa shape index (κ1) is 55.6. The topological polar surface area (TPSA) is 217 Å². The fraction of sp³-hybridized carbons (Fsp3) is 0.276. The number of hydrogen-bond donors (Lipinski definition) is 5. The summed E-state index contributed by atoms with van der Waals surface area (Å²) in [5.74, 6) is -3.43. The van der Waals surface area contributed by atoms with E-state index in [0.29, 0.717) is 33.6 Å². The maximum Gasteiger partial charge on any atom is 0.408 e. The van der Waals surface area contributed by atoms with E-state index >= 15 is 4.39 Å². The van der Waals surface area contributed by atoms with Crippen LogP contribution in [0.4, 0.5) is 18.8 Å². The lowest BCUT2D eigenvalue weighted by Gasteiger charge is -2.25. The first-order valence-corrected chi connectivity index (χ1v) is 24.3. The number of rotatable bonds is 24. The summed E-state index contributed by atoms with van der Waals surface area (Å²) < 4.78 is 44.0. The molecule has 0 saturated carbocycles. The molecule has 0 fully saturated rings. The van der Waals surface area contributed by atoms with Crippen LogP contribution in [-0.4, -0.2) is 71.5 Å².